The van der Waals surface area contributed by atoms with Crippen molar-refractivity contribution in [3.05, 3.63) is 66.4 Å². The Morgan fingerprint density at radius 1 is 0.882 bits per heavy atom. The number of nitrogens with zero attached hydrogens (tertiary/aromatic N) is 2. The van der Waals surface area contributed by atoms with Gasteiger partial charge in [-0.25, -0.2) is 8.42 Å². The first-order valence-electron chi connectivity index (χ1n) is 11.8. The number of fused-ring (bicyclic) bond motifs is 1. The average Bonchev–Trinajstić information content (AvgIpc) is 2.99. The third kappa shape index (κ3) is 5.86. The van der Waals surface area contributed by atoms with Crippen LogP contribution in [0.4, 0.5) is 0 Å². The van der Waals surface area contributed by atoms with Crippen LogP contribution in [0.3, 0.4) is 0 Å². The predicted octanol–water partition coefficient (Wildman–Crippen LogP) is 3.18. The maximum atomic E-state index is 13.2. The summed E-state index contributed by atoms with van der Waals surface area (Å²) >= 11 is 0. The minimum Gasteiger partial charge on any atom is -0.355 e. The van der Waals surface area contributed by atoms with Crippen LogP contribution in [0.5, 0.6) is 0 Å². The van der Waals surface area contributed by atoms with Gasteiger partial charge in [0.15, 0.2) is 9.84 Å². The molecule has 0 aliphatic carbocycles. The van der Waals surface area contributed by atoms with E-state index < -0.39 is 21.5 Å². The Kier molecular flexibility index (Phi) is 7.67. The van der Waals surface area contributed by atoms with Crippen LogP contribution in [0.1, 0.15) is 31.2 Å². The summed E-state index contributed by atoms with van der Waals surface area (Å²) in [6.45, 7) is 1.93. The Labute approximate surface area is 200 Å². The van der Waals surface area contributed by atoms with Crippen LogP contribution in [0.25, 0.3) is 10.9 Å². The molecule has 2 heterocycles. The second-order valence-corrected chi connectivity index (χ2v) is 10.7. The molecule has 180 valence electrons. The van der Waals surface area contributed by atoms with Crippen molar-refractivity contribution in [3.63, 3.8) is 0 Å². The molecule has 2 aromatic carbocycles. The first-order valence-corrected chi connectivity index (χ1v) is 13.5. The minimum absolute atomic E-state index is 0.00902. The summed E-state index contributed by atoms with van der Waals surface area (Å²) in [5.74, 6) is -1.17. The van der Waals surface area contributed by atoms with Crippen molar-refractivity contribution in [1.29, 1.82) is 0 Å². The van der Waals surface area contributed by atoms with Crippen LogP contribution in [0, 0.1) is 0 Å². The number of rotatable bonds is 8. The number of carbonyl (C=O) groups excluding carboxylic acids is 2. The fourth-order valence-corrected chi connectivity index (χ4v) is 5.85. The van der Waals surface area contributed by atoms with Crippen molar-refractivity contribution >= 4 is 32.6 Å². The Morgan fingerprint density at radius 2 is 1.56 bits per heavy atom. The van der Waals surface area contributed by atoms with Crippen LogP contribution < -0.4 is 5.32 Å². The normalized spacial score (nSPS) is 14.6. The zero-order valence-electron chi connectivity index (χ0n) is 19.3. The molecule has 0 atom stereocenters. The van der Waals surface area contributed by atoms with Crippen LogP contribution in [-0.2, 0) is 32.4 Å². The van der Waals surface area contributed by atoms with Crippen molar-refractivity contribution in [2.45, 2.75) is 43.5 Å². The molecule has 4 rings (SSSR count). The van der Waals surface area contributed by atoms with E-state index in [4.69, 9.17) is 0 Å². The number of aromatic nitrogens is 1. The van der Waals surface area contributed by atoms with Crippen molar-refractivity contribution in [1.82, 2.24) is 14.8 Å². The number of hydrogen-bond acceptors (Lipinski definition) is 4. The number of carbonyl (C=O) groups is 2. The maximum Gasteiger partial charge on any atom is 0.242 e. The van der Waals surface area contributed by atoms with Crippen LogP contribution in [0.2, 0.25) is 0 Å². The quantitative estimate of drug-likeness (QED) is 0.535. The predicted molar refractivity (Wildman–Crippen MR) is 132 cm³/mol. The summed E-state index contributed by atoms with van der Waals surface area (Å²) in [5, 5.41) is 3.24. The van der Waals surface area contributed by atoms with E-state index in [-0.39, 0.29) is 17.3 Å². The molecule has 8 heteroatoms. The van der Waals surface area contributed by atoms with Gasteiger partial charge in [0.25, 0.3) is 0 Å². The second-order valence-electron chi connectivity index (χ2n) is 8.78. The molecule has 0 saturated carbocycles. The fraction of sp³-hybridized carbons (Fsp3) is 0.385. The SMILES string of the molecule is O=C(CS(=O)(=O)c1cn(CC(=O)N2CCCCCC2)c2ccccc12)NCCc1ccccc1. The van der Waals surface area contributed by atoms with Crippen LogP contribution in [-0.4, -0.2) is 55.1 Å². The van der Waals surface area contributed by atoms with E-state index in [1.807, 2.05) is 47.4 Å². The topological polar surface area (TPSA) is 88.5 Å². The molecule has 1 fully saturated rings. The zero-order valence-corrected chi connectivity index (χ0v) is 20.1. The molecule has 1 saturated heterocycles. The number of benzene rings is 2. The van der Waals surface area contributed by atoms with Gasteiger partial charge in [-0.05, 0) is 30.9 Å². The number of para-hydroxylation sites is 1. The monoisotopic (exact) mass is 481 g/mol. The Bertz CT molecular complexity index is 1240. The summed E-state index contributed by atoms with van der Waals surface area (Å²) in [7, 11) is -3.88. The molecule has 1 aliphatic rings. The highest BCUT2D eigenvalue weighted by atomic mass is 32.2. The van der Waals surface area contributed by atoms with E-state index >= 15 is 0 Å². The summed E-state index contributed by atoms with van der Waals surface area (Å²) in [6, 6.07) is 16.8. The molecular weight excluding hydrogens is 450 g/mol. The molecule has 0 bridgehead atoms. The fourth-order valence-electron chi connectivity index (χ4n) is 4.45. The standard InChI is InChI=1S/C26H31N3O4S/c30-25(27-15-14-21-10-4-3-5-11-21)20-34(32,33)24-18-29(23-13-7-6-12-22(23)24)19-26(31)28-16-8-1-2-9-17-28/h3-7,10-13,18H,1-2,8-9,14-17,19-20H2,(H,27,30). The molecular formula is C26H31N3O4S. The van der Waals surface area contributed by atoms with Crippen molar-refractivity contribution in [3.8, 4) is 0 Å². The van der Waals surface area contributed by atoms with Crippen molar-refractivity contribution in [2.75, 3.05) is 25.4 Å². The van der Waals surface area contributed by atoms with Gasteiger partial charge in [-0.3, -0.25) is 9.59 Å². The summed E-state index contributed by atoms with van der Waals surface area (Å²) in [4.78, 5) is 27.3. The molecule has 1 aliphatic heterocycles. The molecule has 0 radical (unpaired) electrons. The van der Waals surface area contributed by atoms with Gasteiger partial charge in [-0.2, -0.15) is 0 Å². The van der Waals surface area contributed by atoms with E-state index in [9.17, 15) is 18.0 Å². The van der Waals surface area contributed by atoms with E-state index in [0.717, 1.165) is 44.3 Å². The smallest absolute Gasteiger partial charge is 0.242 e. The largest absolute Gasteiger partial charge is 0.355 e. The Balaban J connectivity index is 1.47. The minimum atomic E-state index is -3.88. The van der Waals surface area contributed by atoms with Gasteiger partial charge in [-0.15, -0.1) is 0 Å². The lowest BCUT2D eigenvalue weighted by atomic mass is 10.1. The van der Waals surface area contributed by atoms with Crippen LogP contribution >= 0.6 is 0 Å². The molecule has 7 nitrogen and oxygen atoms in total. The summed E-state index contributed by atoms with van der Waals surface area (Å²) in [6.07, 6.45) is 6.39. The lowest BCUT2D eigenvalue weighted by Crippen LogP contribution is -2.34. The molecule has 0 unspecified atom stereocenters. The molecule has 34 heavy (non-hydrogen) atoms. The number of sulfone groups is 1. The summed E-state index contributed by atoms with van der Waals surface area (Å²) < 4.78 is 28.0. The highest BCUT2D eigenvalue weighted by Gasteiger charge is 2.25. The summed E-state index contributed by atoms with van der Waals surface area (Å²) in [5.41, 5.74) is 1.75. The van der Waals surface area contributed by atoms with Crippen molar-refractivity contribution in [2.24, 2.45) is 0 Å². The zero-order chi connectivity index (χ0) is 24.0. The van der Waals surface area contributed by atoms with Gasteiger partial charge in [0.2, 0.25) is 11.8 Å². The van der Waals surface area contributed by atoms with Crippen LogP contribution in [0.15, 0.2) is 65.7 Å². The van der Waals surface area contributed by atoms with Gasteiger partial charge < -0.3 is 14.8 Å². The average molecular weight is 482 g/mol. The maximum absolute atomic E-state index is 13.2. The Morgan fingerprint density at radius 3 is 2.29 bits per heavy atom. The number of amides is 2. The molecule has 2 amide bonds. The highest BCUT2D eigenvalue weighted by Crippen LogP contribution is 2.26. The van der Waals surface area contributed by atoms with Gasteiger partial charge in [0.05, 0.1) is 4.90 Å². The number of likely N-dealkylation sites (tertiary alicyclic amines) is 1. The molecule has 1 N–H and O–H groups in total. The Hall–Kier alpha value is -3.13. The third-order valence-corrected chi connectivity index (χ3v) is 7.89. The van der Waals surface area contributed by atoms with E-state index in [1.165, 1.54) is 6.20 Å². The van der Waals surface area contributed by atoms with Gasteiger partial charge in [-0.1, -0.05) is 61.4 Å². The van der Waals surface area contributed by atoms with Crippen molar-refractivity contribution < 1.29 is 18.0 Å². The third-order valence-electron chi connectivity index (χ3n) is 6.25. The molecule has 0 spiro atoms. The lowest BCUT2D eigenvalue weighted by molar-refractivity contribution is -0.131. The van der Waals surface area contributed by atoms with E-state index in [2.05, 4.69) is 5.32 Å². The lowest BCUT2D eigenvalue weighted by Gasteiger charge is -2.20. The number of nitrogens with one attached hydrogen (secondary N) is 1. The van der Waals surface area contributed by atoms with Gasteiger partial charge >= 0.3 is 0 Å². The van der Waals surface area contributed by atoms with E-state index in [0.29, 0.717) is 23.9 Å². The molecule has 1 aromatic heterocycles. The van der Waals surface area contributed by atoms with E-state index in [1.54, 1.807) is 16.7 Å². The first-order chi connectivity index (χ1) is 16.4. The highest BCUT2D eigenvalue weighted by molar-refractivity contribution is 7.92. The second kappa shape index (κ2) is 10.9. The van der Waals surface area contributed by atoms with Gasteiger partial charge in [0.1, 0.15) is 12.3 Å². The number of hydrogen-bond donors (Lipinski definition) is 1. The molecule has 3 aromatic rings. The first kappa shape index (κ1) is 24.0. The van der Waals surface area contributed by atoms with Gasteiger partial charge in [0, 0.05) is 36.7 Å².